The summed E-state index contributed by atoms with van der Waals surface area (Å²) < 4.78 is 0. The van der Waals surface area contributed by atoms with E-state index in [0.717, 1.165) is 25.9 Å². The molecule has 1 aromatic carbocycles. The van der Waals surface area contributed by atoms with Crippen molar-refractivity contribution in [3.8, 4) is 0 Å². The van der Waals surface area contributed by atoms with E-state index in [1.165, 1.54) is 13.8 Å². The van der Waals surface area contributed by atoms with Gasteiger partial charge >= 0.3 is 0 Å². The van der Waals surface area contributed by atoms with Crippen LogP contribution in [0.3, 0.4) is 0 Å². The van der Waals surface area contributed by atoms with Crippen LogP contribution in [0.15, 0.2) is 18.2 Å². The van der Waals surface area contributed by atoms with Gasteiger partial charge in [-0.15, -0.1) is 0 Å². The summed E-state index contributed by atoms with van der Waals surface area (Å²) in [7, 11) is 2.06. The SMILES string of the molecule is CC(=O)Nc1cc(NC(C)=O)cc(C(=O)NC2CCN(C)CC2)c1. The molecule has 0 unspecified atom stereocenters. The highest BCUT2D eigenvalue weighted by atomic mass is 16.2. The molecule has 1 saturated heterocycles. The number of hydrogen-bond donors (Lipinski definition) is 3. The number of rotatable bonds is 4. The highest BCUT2D eigenvalue weighted by Gasteiger charge is 2.19. The van der Waals surface area contributed by atoms with Crippen molar-refractivity contribution in [2.24, 2.45) is 0 Å². The molecule has 1 aliphatic rings. The van der Waals surface area contributed by atoms with Gasteiger partial charge in [0.05, 0.1) is 0 Å². The van der Waals surface area contributed by atoms with E-state index in [1.807, 2.05) is 0 Å². The summed E-state index contributed by atoms with van der Waals surface area (Å²) in [4.78, 5) is 37.3. The second kappa shape index (κ2) is 7.92. The van der Waals surface area contributed by atoms with Crippen molar-refractivity contribution >= 4 is 29.1 Å². The first-order valence-corrected chi connectivity index (χ1v) is 8.03. The number of piperidine rings is 1. The Labute approximate surface area is 141 Å². The van der Waals surface area contributed by atoms with Gasteiger partial charge in [-0.05, 0) is 51.2 Å². The van der Waals surface area contributed by atoms with E-state index in [2.05, 4.69) is 27.9 Å². The van der Waals surface area contributed by atoms with Crippen LogP contribution in [0.4, 0.5) is 11.4 Å². The summed E-state index contributed by atoms with van der Waals surface area (Å²) in [6, 6.07) is 4.98. The Morgan fingerprint density at radius 2 is 1.46 bits per heavy atom. The van der Waals surface area contributed by atoms with Gasteiger partial charge in [0.25, 0.3) is 5.91 Å². The van der Waals surface area contributed by atoms with E-state index in [1.54, 1.807) is 18.2 Å². The van der Waals surface area contributed by atoms with Crippen molar-refractivity contribution in [1.82, 2.24) is 10.2 Å². The summed E-state index contributed by atoms with van der Waals surface area (Å²) in [6.45, 7) is 4.69. The molecule has 0 bridgehead atoms. The van der Waals surface area contributed by atoms with Crippen LogP contribution < -0.4 is 16.0 Å². The lowest BCUT2D eigenvalue weighted by atomic mass is 10.0. The molecule has 0 aliphatic carbocycles. The molecule has 0 aromatic heterocycles. The first kappa shape index (κ1) is 17.9. The maximum atomic E-state index is 12.5. The maximum Gasteiger partial charge on any atom is 0.251 e. The predicted molar refractivity (Wildman–Crippen MR) is 93.0 cm³/mol. The van der Waals surface area contributed by atoms with Crippen LogP contribution in [0.25, 0.3) is 0 Å². The molecule has 0 saturated carbocycles. The third-order valence-corrected chi connectivity index (χ3v) is 3.89. The number of nitrogens with zero attached hydrogens (tertiary/aromatic N) is 1. The van der Waals surface area contributed by atoms with Gasteiger partial charge < -0.3 is 20.9 Å². The monoisotopic (exact) mass is 332 g/mol. The maximum absolute atomic E-state index is 12.5. The summed E-state index contributed by atoms with van der Waals surface area (Å²) in [5.41, 5.74) is 1.36. The van der Waals surface area contributed by atoms with Gasteiger partial charge in [-0.25, -0.2) is 0 Å². The van der Waals surface area contributed by atoms with Crippen molar-refractivity contribution in [3.05, 3.63) is 23.8 Å². The first-order valence-electron chi connectivity index (χ1n) is 8.03. The van der Waals surface area contributed by atoms with Gasteiger partial charge in [-0.1, -0.05) is 0 Å². The summed E-state index contributed by atoms with van der Waals surface area (Å²) in [5.74, 6) is -0.684. The van der Waals surface area contributed by atoms with E-state index >= 15 is 0 Å². The zero-order chi connectivity index (χ0) is 17.7. The molecule has 0 atom stereocenters. The van der Waals surface area contributed by atoms with Crippen LogP contribution in [0, 0.1) is 0 Å². The number of anilines is 2. The molecule has 0 radical (unpaired) electrons. The molecule has 3 amide bonds. The summed E-state index contributed by atoms with van der Waals surface area (Å²) in [5, 5.41) is 8.32. The Balaban J connectivity index is 2.15. The number of nitrogens with one attached hydrogen (secondary N) is 3. The van der Waals surface area contributed by atoms with Crippen molar-refractivity contribution in [2.75, 3.05) is 30.8 Å². The molecule has 7 heteroatoms. The zero-order valence-electron chi connectivity index (χ0n) is 14.3. The molecule has 24 heavy (non-hydrogen) atoms. The Morgan fingerprint density at radius 3 is 1.92 bits per heavy atom. The van der Waals surface area contributed by atoms with Gasteiger partial charge in [0.2, 0.25) is 11.8 Å². The minimum Gasteiger partial charge on any atom is -0.349 e. The quantitative estimate of drug-likeness (QED) is 0.778. The normalized spacial score (nSPS) is 15.6. The molecule has 0 spiro atoms. The van der Waals surface area contributed by atoms with Crippen LogP contribution in [-0.2, 0) is 9.59 Å². The number of hydrogen-bond acceptors (Lipinski definition) is 4. The molecule has 1 aliphatic heterocycles. The van der Waals surface area contributed by atoms with E-state index in [4.69, 9.17) is 0 Å². The Kier molecular flexibility index (Phi) is 5.92. The van der Waals surface area contributed by atoms with Crippen molar-refractivity contribution in [1.29, 1.82) is 0 Å². The number of amides is 3. The molecule has 1 heterocycles. The fourth-order valence-electron chi connectivity index (χ4n) is 2.73. The predicted octanol–water partition coefficient (Wildman–Crippen LogP) is 1.43. The smallest absolute Gasteiger partial charge is 0.251 e. The second-order valence-corrected chi connectivity index (χ2v) is 6.21. The van der Waals surface area contributed by atoms with Crippen LogP contribution in [0.5, 0.6) is 0 Å². The first-order chi connectivity index (χ1) is 11.3. The molecule has 1 fully saturated rings. The highest BCUT2D eigenvalue weighted by molar-refractivity contribution is 6.00. The van der Waals surface area contributed by atoms with Gasteiger partial charge in [-0.2, -0.15) is 0 Å². The molecule has 3 N–H and O–H groups in total. The third kappa shape index (κ3) is 5.34. The van der Waals surface area contributed by atoms with E-state index < -0.39 is 0 Å². The van der Waals surface area contributed by atoms with Gasteiger partial charge in [0.15, 0.2) is 0 Å². The van der Waals surface area contributed by atoms with Crippen molar-refractivity contribution < 1.29 is 14.4 Å². The summed E-state index contributed by atoms with van der Waals surface area (Å²) >= 11 is 0. The topological polar surface area (TPSA) is 90.5 Å². The lowest BCUT2D eigenvalue weighted by Gasteiger charge is -2.29. The third-order valence-electron chi connectivity index (χ3n) is 3.89. The Morgan fingerprint density at radius 1 is 0.958 bits per heavy atom. The molecule has 7 nitrogen and oxygen atoms in total. The minimum absolute atomic E-state index is 0.141. The average Bonchev–Trinajstić information content (AvgIpc) is 2.48. The van der Waals surface area contributed by atoms with E-state index in [9.17, 15) is 14.4 Å². The lowest BCUT2D eigenvalue weighted by molar-refractivity contribution is -0.115. The number of carbonyl (C=O) groups excluding carboxylic acids is 3. The Hall–Kier alpha value is -2.41. The van der Waals surface area contributed by atoms with Crippen LogP contribution >= 0.6 is 0 Å². The van der Waals surface area contributed by atoms with Crippen LogP contribution in [0.2, 0.25) is 0 Å². The van der Waals surface area contributed by atoms with Crippen molar-refractivity contribution in [2.45, 2.75) is 32.7 Å². The largest absolute Gasteiger partial charge is 0.349 e. The van der Waals surface area contributed by atoms with Crippen LogP contribution in [0.1, 0.15) is 37.0 Å². The number of carbonyl (C=O) groups is 3. The van der Waals surface area contributed by atoms with Crippen molar-refractivity contribution in [3.63, 3.8) is 0 Å². The van der Waals surface area contributed by atoms with Gasteiger partial charge in [0, 0.05) is 36.8 Å². The molecule has 2 rings (SSSR count). The molecule has 1 aromatic rings. The van der Waals surface area contributed by atoms with Crippen LogP contribution in [-0.4, -0.2) is 48.8 Å². The van der Waals surface area contributed by atoms with E-state index in [0.29, 0.717) is 16.9 Å². The summed E-state index contributed by atoms with van der Waals surface area (Å²) in [6.07, 6.45) is 1.82. The standard InChI is InChI=1S/C17H24N4O3/c1-11(22)18-15-8-13(9-16(10-15)19-12(2)23)17(24)20-14-4-6-21(3)7-5-14/h8-10,14H,4-7H2,1-3H3,(H,18,22)(H,19,23)(H,20,24). The fourth-order valence-corrected chi connectivity index (χ4v) is 2.73. The number of likely N-dealkylation sites (tertiary alicyclic amines) is 1. The molecular weight excluding hydrogens is 308 g/mol. The zero-order valence-corrected chi connectivity index (χ0v) is 14.3. The fraction of sp³-hybridized carbons (Fsp3) is 0.471. The molecule has 130 valence electrons. The highest BCUT2D eigenvalue weighted by Crippen LogP contribution is 2.20. The lowest BCUT2D eigenvalue weighted by Crippen LogP contribution is -2.43. The van der Waals surface area contributed by atoms with Gasteiger partial charge in [0.1, 0.15) is 0 Å². The Bertz CT molecular complexity index is 602. The van der Waals surface area contributed by atoms with Gasteiger partial charge in [-0.3, -0.25) is 14.4 Å². The van der Waals surface area contributed by atoms with E-state index in [-0.39, 0.29) is 23.8 Å². The second-order valence-electron chi connectivity index (χ2n) is 6.21. The minimum atomic E-state index is -0.239. The molecular formula is C17H24N4O3. The number of benzene rings is 1. The average molecular weight is 332 g/mol.